The van der Waals surface area contributed by atoms with Gasteiger partial charge in [-0.05, 0) is 61.6 Å². The topological polar surface area (TPSA) is 103 Å². The Morgan fingerprint density at radius 3 is 2.69 bits per heavy atom. The Hall–Kier alpha value is -4.66. The van der Waals surface area contributed by atoms with Crippen LogP contribution >= 0.6 is 0 Å². The molecule has 230 valence electrons. The standard InChI is InChI=1S/C34H31F2N5O4/c35-27-15-22(4-3-21-1-2-21)5-6-25(27)20-45-33-28(36)17-37-32(39-33)23-9-12-40(13-10-23)19-31-38-29-8-7-24(34(42)43)16-30(29)41(31)18-26-11-14-44-26/h5-9,15-17,21,26H,1-2,10-14,18-20H2,(H,42,43). The maximum Gasteiger partial charge on any atom is 0.335 e. The molecule has 4 heterocycles. The zero-order chi connectivity index (χ0) is 30.9. The number of carboxylic acid groups (broad SMARTS) is 1. The summed E-state index contributed by atoms with van der Waals surface area (Å²) in [6.07, 6.45) is 6.94. The third-order valence-electron chi connectivity index (χ3n) is 8.33. The number of nitrogens with zero attached hydrogens (tertiary/aromatic N) is 5. The van der Waals surface area contributed by atoms with Crippen LogP contribution < -0.4 is 4.74 Å². The third kappa shape index (κ3) is 6.57. The molecule has 1 unspecified atom stereocenters. The van der Waals surface area contributed by atoms with E-state index < -0.39 is 17.6 Å². The van der Waals surface area contributed by atoms with E-state index in [4.69, 9.17) is 14.5 Å². The van der Waals surface area contributed by atoms with Gasteiger partial charge >= 0.3 is 5.97 Å². The van der Waals surface area contributed by atoms with Crippen molar-refractivity contribution in [2.24, 2.45) is 5.92 Å². The molecule has 0 amide bonds. The summed E-state index contributed by atoms with van der Waals surface area (Å²) in [5.41, 5.74) is 3.49. The molecule has 1 saturated carbocycles. The van der Waals surface area contributed by atoms with Crippen LogP contribution in [0.3, 0.4) is 0 Å². The first-order valence-electron chi connectivity index (χ1n) is 15.1. The Morgan fingerprint density at radius 2 is 1.98 bits per heavy atom. The molecule has 9 nitrogen and oxygen atoms in total. The Balaban J connectivity index is 1.03. The lowest BCUT2D eigenvalue weighted by atomic mass is 10.1. The van der Waals surface area contributed by atoms with Crippen LogP contribution in [0.4, 0.5) is 8.78 Å². The smallest absolute Gasteiger partial charge is 0.335 e. The largest absolute Gasteiger partial charge is 0.478 e. The van der Waals surface area contributed by atoms with E-state index in [0.29, 0.717) is 49.9 Å². The molecular formula is C34H31F2N5O4. The first kappa shape index (κ1) is 29.1. The SMILES string of the molecule is O=C(O)c1ccc2nc(CN3CC=C(c4ncc(F)c(OCc5ccc(C#CC6CC6)cc5F)n4)CC3)n(CC3CCO3)c2c1. The summed E-state index contributed by atoms with van der Waals surface area (Å²) in [6, 6.07) is 9.69. The average molecular weight is 612 g/mol. The quantitative estimate of drug-likeness (QED) is 0.257. The zero-order valence-corrected chi connectivity index (χ0v) is 24.5. The molecule has 2 aromatic carbocycles. The van der Waals surface area contributed by atoms with Crippen LogP contribution in [0.5, 0.6) is 5.88 Å². The van der Waals surface area contributed by atoms with Crippen LogP contribution in [-0.2, 0) is 24.4 Å². The van der Waals surface area contributed by atoms with Gasteiger partial charge in [0.05, 0.1) is 42.0 Å². The van der Waals surface area contributed by atoms with Crippen molar-refractivity contribution in [1.29, 1.82) is 0 Å². The minimum Gasteiger partial charge on any atom is -0.478 e. The molecule has 1 aliphatic carbocycles. The van der Waals surface area contributed by atoms with E-state index in [2.05, 4.69) is 31.3 Å². The van der Waals surface area contributed by atoms with E-state index in [9.17, 15) is 18.7 Å². The second-order valence-corrected chi connectivity index (χ2v) is 11.6. The van der Waals surface area contributed by atoms with E-state index >= 15 is 0 Å². The van der Waals surface area contributed by atoms with Crippen LogP contribution in [-0.4, -0.2) is 61.3 Å². The normalized spacial score (nSPS) is 18.2. The molecule has 1 N–H and O–H groups in total. The highest BCUT2D eigenvalue weighted by Crippen LogP contribution is 2.28. The minimum absolute atomic E-state index is 0.0802. The molecule has 0 spiro atoms. The number of fused-ring (bicyclic) bond motifs is 1. The summed E-state index contributed by atoms with van der Waals surface area (Å²) in [6.45, 7) is 3.00. The molecule has 2 aromatic heterocycles. The molecule has 2 fully saturated rings. The van der Waals surface area contributed by atoms with E-state index in [1.165, 1.54) is 6.07 Å². The fraction of sp³-hybridized carbons (Fsp3) is 0.353. The Bertz CT molecular complexity index is 1870. The van der Waals surface area contributed by atoms with Crippen molar-refractivity contribution in [3.63, 3.8) is 0 Å². The molecule has 11 heteroatoms. The first-order valence-corrected chi connectivity index (χ1v) is 15.1. The summed E-state index contributed by atoms with van der Waals surface area (Å²) in [5.74, 6) is 5.35. The average Bonchev–Trinajstić information content (AvgIpc) is 3.79. The van der Waals surface area contributed by atoms with Gasteiger partial charge in [0.15, 0.2) is 5.82 Å². The minimum atomic E-state index is -0.980. The number of carbonyl (C=O) groups is 1. The summed E-state index contributed by atoms with van der Waals surface area (Å²) in [5, 5.41) is 9.50. The highest BCUT2D eigenvalue weighted by Gasteiger charge is 2.25. The number of imidazole rings is 1. The lowest BCUT2D eigenvalue weighted by molar-refractivity contribution is -0.0591. The Labute approximate surface area is 258 Å². The van der Waals surface area contributed by atoms with Crippen LogP contribution in [0.25, 0.3) is 16.6 Å². The molecule has 0 radical (unpaired) electrons. The Morgan fingerprint density at radius 1 is 1.11 bits per heavy atom. The van der Waals surface area contributed by atoms with Gasteiger partial charge in [-0.15, -0.1) is 0 Å². The van der Waals surface area contributed by atoms with Crippen molar-refractivity contribution in [2.45, 2.75) is 51.5 Å². The highest BCUT2D eigenvalue weighted by molar-refractivity contribution is 5.92. The van der Waals surface area contributed by atoms with Gasteiger partial charge in [0, 0.05) is 36.7 Å². The molecule has 45 heavy (non-hydrogen) atoms. The highest BCUT2D eigenvalue weighted by atomic mass is 19.1. The Kier molecular flexibility index (Phi) is 8.00. The maximum absolute atomic E-state index is 14.7. The van der Waals surface area contributed by atoms with E-state index in [1.807, 2.05) is 6.08 Å². The van der Waals surface area contributed by atoms with Crippen LogP contribution in [0.2, 0.25) is 0 Å². The van der Waals surface area contributed by atoms with Crippen molar-refractivity contribution < 1.29 is 28.2 Å². The number of aromatic nitrogens is 4. The van der Waals surface area contributed by atoms with Crippen molar-refractivity contribution >= 4 is 22.6 Å². The summed E-state index contributed by atoms with van der Waals surface area (Å²) >= 11 is 0. The molecule has 7 rings (SSSR count). The number of hydrogen-bond donors (Lipinski definition) is 1. The van der Waals surface area contributed by atoms with Gasteiger partial charge in [-0.1, -0.05) is 24.0 Å². The monoisotopic (exact) mass is 611 g/mol. The third-order valence-corrected chi connectivity index (χ3v) is 8.33. The van der Waals surface area contributed by atoms with Crippen LogP contribution in [0.15, 0.2) is 48.7 Å². The summed E-state index contributed by atoms with van der Waals surface area (Å²) < 4.78 is 42.5. The van der Waals surface area contributed by atoms with Gasteiger partial charge in [-0.3, -0.25) is 4.90 Å². The number of carboxylic acids is 1. The zero-order valence-electron chi connectivity index (χ0n) is 24.5. The predicted molar refractivity (Wildman–Crippen MR) is 161 cm³/mol. The fourth-order valence-corrected chi connectivity index (χ4v) is 5.43. The summed E-state index contributed by atoms with van der Waals surface area (Å²) in [7, 11) is 0. The van der Waals surface area contributed by atoms with Crippen molar-refractivity contribution in [2.75, 3.05) is 19.7 Å². The fourth-order valence-electron chi connectivity index (χ4n) is 5.43. The number of aromatic carboxylic acids is 1. The maximum atomic E-state index is 14.7. The second-order valence-electron chi connectivity index (χ2n) is 11.6. The van der Waals surface area contributed by atoms with Crippen LogP contribution in [0, 0.1) is 29.4 Å². The van der Waals surface area contributed by atoms with Crippen molar-refractivity contribution in [3.05, 3.63) is 88.6 Å². The number of benzene rings is 2. The van der Waals surface area contributed by atoms with Gasteiger partial charge in [-0.25, -0.2) is 19.2 Å². The van der Waals surface area contributed by atoms with Crippen molar-refractivity contribution in [3.8, 4) is 17.7 Å². The van der Waals surface area contributed by atoms with Gasteiger partial charge in [0.2, 0.25) is 5.82 Å². The van der Waals surface area contributed by atoms with Gasteiger partial charge in [0.1, 0.15) is 18.2 Å². The number of hydrogen-bond acceptors (Lipinski definition) is 7. The lowest BCUT2D eigenvalue weighted by Gasteiger charge is -2.29. The predicted octanol–water partition coefficient (Wildman–Crippen LogP) is 5.22. The van der Waals surface area contributed by atoms with Crippen LogP contribution in [0.1, 0.15) is 58.8 Å². The lowest BCUT2D eigenvalue weighted by Crippen LogP contribution is -2.33. The number of ether oxygens (including phenoxy) is 2. The number of rotatable bonds is 9. The molecule has 2 aliphatic heterocycles. The summed E-state index contributed by atoms with van der Waals surface area (Å²) in [4.78, 5) is 27.2. The van der Waals surface area contributed by atoms with Crippen molar-refractivity contribution in [1.82, 2.24) is 24.4 Å². The molecule has 1 saturated heterocycles. The molecule has 3 aliphatic rings. The number of halogens is 2. The van der Waals surface area contributed by atoms with Gasteiger partial charge in [0.25, 0.3) is 5.88 Å². The van der Waals surface area contributed by atoms with Gasteiger partial charge < -0.3 is 19.1 Å². The molecular weight excluding hydrogens is 580 g/mol. The van der Waals surface area contributed by atoms with E-state index in [0.717, 1.165) is 54.5 Å². The van der Waals surface area contributed by atoms with E-state index in [1.54, 1.807) is 30.3 Å². The molecule has 4 aromatic rings. The molecule has 1 atom stereocenters. The van der Waals surface area contributed by atoms with E-state index in [-0.39, 0.29) is 29.7 Å². The van der Waals surface area contributed by atoms with Gasteiger partial charge in [-0.2, -0.15) is 9.37 Å². The first-order chi connectivity index (χ1) is 21.9. The molecule has 0 bridgehead atoms. The second kappa shape index (κ2) is 12.4.